The Morgan fingerprint density at radius 1 is 1.22 bits per heavy atom. The molecule has 118 valence electrons. The van der Waals surface area contributed by atoms with Crippen LogP contribution in [0.15, 0.2) is 41.3 Å². The van der Waals surface area contributed by atoms with Crippen molar-refractivity contribution in [3.05, 3.63) is 52.0 Å². The Balaban J connectivity index is 1.73. The first-order valence-electron chi connectivity index (χ1n) is 6.82. The second-order valence-electron chi connectivity index (χ2n) is 4.97. The summed E-state index contributed by atoms with van der Waals surface area (Å²) in [5.74, 6) is 0.132. The molecule has 3 rings (SSSR count). The highest BCUT2D eigenvalue weighted by atomic mass is 35.5. The molecular formula is C16H12Cl2N2O2S. The molecule has 2 amide bonds. The van der Waals surface area contributed by atoms with E-state index in [1.165, 1.54) is 11.8 Å². The van der Waals surface area contributed by atoms with Crippen molar-refractivity contribution in [3.63, 3.8) is 0 Å². The zero-order valence-electron chi connectivity index (χ0n) is 11.9. The maximum atomic E-state index is 12.2. The Kier molecular flexibility index (Phi) is 4.80. The lowest BCUT2D eigenvalue weighted by Crippen LogP contribution is -2.19. The molecule has 0 saturated heterocycles. The van der Waals surface area contributed by atoms with Gasteiger partial charge in [-0.3, -0.25) is 9.59 Å². The van der Waals surface area contributed by atoms with Gasteiger partial charge in [0.1, 0.15) is 0 Å². The summed E-state index contributed by atoms with van der Waals surface area (Å²) in [5, 5.41) is 6.50. The zero-order chi connectivity index (χ0) is 16.4. The van der Waals surface area contributed by atoms with E-state index in [1.54, 1.807) is 30.3 Å². The van der Waals surface area contributed by atoms with Crippen LogP contribution >= 0.6 is 35.0 Å². The van der Waals surface area contributed by atoms with Crippen molar-refractivity contribution in [3.8, 4) is 0 Å². The minimum atomic E-state index is -0.227. The van der Waals surface area contributed by atoms with Crippen LogP contribution in [-0.2, 0) is 16.0 Å². The third kappa shape index (κ3) is 3.80. The Morgan fingerprint density at radius 2 is 1.96 bits per heavy atom. The fourth-order valence-corrected chi connectivity index (χ4v) is 3.55. The SMILES string of the molecule is O=C(Cc1c(Cl)cccc1Cl)Nc1ccc2c(c1)NC(=O)CS2. The van der Waals surface area contributed by atoms with Crippen molar-refractivity contribution in [2.24, 2.45) is 0 Å². The average molecular weight is 367 g/mol. The number of nitrogens with one attached hydrogen (secondary N) is 2. The second-order valence-corrected chi connectivity index (χ2v) is 6.80. The van der Waals surface area contributed by atoms with Gasteiger partial charge < -0.3 is 10.6 Å². The van der Waals surface area contributed by atoms with Gasteiger partial charge in [0.25, 0.3) is 0 Å². The van der Waals surface area contributed by atoms with Gasteiger partial charge in [0.2, 0.25) is 11.8 Å². The number of carbonyl (C=O) groups excluding carboxylic acids is 2. The van der Waals surface area contributed by atoms with Gasteiger partial charge in [-0.15, -0.1) is 11.8 Å². The molecule has 2 aromatic carbocycles. The first-order chi connectivity index (χ1) is 11.0. The molecule has 4 nitrogen and oxygen atoms in total. The van der Waals surface area contributed by atoms with Crippen LogP contribution in [0.5, 0.6) is 0 Å². The minimum Gasteiger partial charge on any atom is -0.326 e. The van der Waals surface area contributed by atoms with Crippen molar-refractivity contribution in [1.82, 2.24) is 0 Å². The molecule has 2 aromatic rings. The third-order valence-corrected chi connectivity index (χ3v) is 5.08. The quantitative estimate of drug-likeness (QED) is 0.854. The minimum absolute atomic E-state index is 0.0474. The number of halogens is 2. The lowest BCUT2D eigenvalue weighted by Gasteiger charge is -2.17. The normalized spacial score (nSPS) is 13.2. The molecule has 0 aromatic heterocycles. The lowest BCUT2D eigenvalue weighted by atomic mass is 10.1. The van der Waals surface area contributed by atoms with E-state index in [0.717, 1.165) is 4.90 Å². The maximum absolute atomic E-state index is 12.2. The van der Waals surface area contributed by atoms with Crippen molar-refractivity contribution in [2.75, 3.05) is 16.4 Å². The first-order valence-corrected chi connectivity index (χ1v) is 8.56. The van der Waals surface area contributed by atoms with Crippen LogP contribution in [0.25, 0.3) is 0 Å². The van der Waals surface area contributed by atoms with Gasteiger partial charge >= 0.3 is 0 Å². The Bertz CT molecular complexity index is 775. The molecule has 7 heteroatoms. The smallest absolute Gasteiger partial charge is 0.234 e. The van der Waals surface area contributed by atoms with E-state index >= 15 is 0 Å². The topological polar surface area (TPSA) is 58.2 Å². The molecule has 2 N–H and O–H groups in total. The van der Waals surface area contributed by atoms with Gasteiger partial charge in [-0.25, -0.2) is 0 Å². The molecular weight excluding hydrogens is 355 g/mol. The number of hydrogen-bond acceptors (Lipinski definition) is 3. The van der Waals surface area contributed by atoms with E-state index < -0.39 is 0 Å². The zero-order valence-corrected chi connectivity index (χ0v) is 14.2. The fourth-order valence-electron chi connectivity index (χ4n) is 2.23. The van der Waals surface area contributed by atoms with Gasteiger partial charge in [0.05, 0.1) is 17.9 Å². The maximum Gasteiger partial charge on any atom is 0.234 e. The Morgan fingerprint density at radius 3 is 2.70 bits per heavy atom. The van der Waals surface area contributed by atoms with E-state index in [4.69, 9.17) is 23.2 Å². The number of carbonyl (C=O) groups is 2. The van der Waals surface area contributed by atoms with Crippen molar-refractivity contribution < 1.29 is 9.59 Å². The molecule has 23 heavy (non-hydrogen) atoms. The van der Waals surface area contributed by atoms with E-state index in [-0.39, 0.29) is 18.2 Å². The molecule has 1 aliphatic rings. The van der Waals surface area contributed by atoms with Gasteiger partial charge in [-0.05, 0) is 35.9 Å². The van der Waals surface area contributed by atoms with Crippen molar-refractivity contribution in [1.29, 1.82) is 0 Å². The van der Waals surface area contributed by atoms with E-state index in [1.807, 2.05) is 6.07 Å². The third-order valence-electron chi connectivity index (χ3n) is 3.30. The van der Waals surface area contributed by atoms with Gasteiger partial charge in [0.15, 0.2) is 0 Å². The number of anilines is 2. The molecule has 1 heterocycles. The molecule has 0 fully saturated rings. The highest BCUT2D eigenvalue weighted by Crippen LogP contribution is 2.33. The number of fused-ring (bicyclic) bond motifs is 1. The predicted octanol–water partition coefficient (Wildman–Crippen LogP) is 4.22. The summed E-state index contributed by atoms with van der Waals surface area (Å²) in [5.41, 5.74) is 1.91. The first kappa shape index (κ1) is 16.2. The molecule has 0 aliphatic carbocycles. The highest BCUT2D eigenvalue weighted by Gasteiger charge is 2.16. The number of benzene rings is 2. The van der Waals surface area contributed by atoms with Gasteiger partial charge in [-0.1, -0.05) is 29.3 Å². The monoisotopic (exact) mass is 366 g/mol. The number of amides is 2. The van der Waals surface area contributed by atoms with Crippen LogP contribution in [0, 0.1) is 0 Å². The molecule has 0 saturated carbocycles. The molecule has 1 aliphatic heterocycles. The molecule has 0 spiro atoms. The second kappa shape index (κ2) is 6.83. The van der Waals surface area contributed by atoms with Crippen LogP contribution in [0.4, 0.5) is 11.4 Å². The predicted molar refractivity (Wildman–Crippen MR) is 94.6 cm³/mol. The van der Waals surface area contributed by atoms with Crippen LogP contribution in [0.1, 0.15) is 5.56 Å². The number of hydrogen-bond donors (Lipinski definition) is 2. The average Bonchev–Trinajstić information content (AvgIpc) is 2.50. The van der Waals surface area contributed by atoms with Crippen LogP contribution in [0.3, 0.4) is 0 Å². The van der Waals surface area contributed by atoms with E-state index in [9.17, 15) is 9.59 Å². The molecule has 0 atom stereocenters. The van der Waals surface area contributed by atoms with Crippen LogP contribution < -0.4 is 10.6 Å². The molecule has 0 bridgehead atoms. The van der Waals surface area contributed by atoms with Gasteiger partial charge in [0, 0.05) is 20.6 Å². The van der Waals surface area contributed by atoms with Crippen molar-refractivity contribution >= 4 is 58.2 Å². The standard InChI is InChI=1S/C16H12Cl2N2O2S/c17-11-2-1-3-12(18)10(11)7-15(21)19-9-4-5-14-13(6-9)20-16(22)8-23-14/h1-6H,7-8H2,(H,19,21)(H,20,22). The Hall–Kier alpha value is -1.69. The summed E-state index contributed by atoms with van der Waals surface area (Å²) >= 11 is 13.6. The highest BCUT2D eigenvalue weighted by molar-refractivity contribution is 8.00. The number of rotatable bonds is 3. The number of thioether (sulfide) groups is 1. The summed E-state index contributed by atoms with van der Waals surface area (Å²) in [6.45, 7) is 0. The van der Waals surface area contributed by atoms with Crippen LogP contribution in [0.2, 0.25) is 10.0 Å². The fraction of sp³-hybridized carbons (Fsp3) is 0.125. The van der Waals surface area contributed by atoms with Crippen molar-refractivity contribution in [2.45, 2.75) is 11.3 Å². The summed E-state index contributed by atoms with van der Waals surface area (Å²) in [7, 11) is 0. The lowest BCUT2D eigenvalue weighted by molar-refractivity contribution is -0.115. The Labute approximate surface area is 147 Å². The molecule has 0 radical (unpaired) electrons. The molecule has 0 unspecified atom stereocenters. The van der Waals surface area contributed by atoms with Gasteiger partial charge in [-0.2, -0.15) is 0 Å². The van der Waals surface area contributed by atoms with E-state index in [2.05, 4.69) is 10.6 Å². The summed E-state index contributed by atoms with van der Waals surface area (Å²) in [4.78, 5) is 24.6. The largest absolute Gasteiger partial charge is 0.326 e. The van der Waals surface area contributed by atoms with Crippen LogP contribution in [-0.4, -0.2) is 17.6 Å². The summed E-state index contributed by atoms with van der Waals surface area (Å²) in [6.07, 6.45) is 0.0801. The summed E-state index contributed by atoms with van der Waals surface area (Å²) in [6, 6.07) is 10.5. The van der Waals surface area contributed by atoms with E-state index in [0.29, 0.717) is 32.7 Å². The summed E-state index contributed by atoms with van der Waals surface area (Å²) < 4.78 is 0.